The molecule has 0 aliphatic carbocycles. The fourth-order valence-corrected chi connectivity index (χ4v) is 3.50. The van der Waals surface area contributed by atoms with Gasteiger partial charge in [0.25, 0.3) is 0 Å². The molecule has 2 aromatic heterocycles. The summed E-state index contributed by atoms with van der Waals surface area (Å²) in [5, 5.41) is 0. The maximum Gasteiger partial charge on any atom is 0.175 e. The first-order valence-electron chi connectivity index (χ1n) is 8.49. The normalized spacial score (nSPS) is 12.1. The predicted molar refractivity (Wildman–Crippen MR) is 107 cm³/mol. The topological polar surface area (TPSA) is 63.8 Å². The van der Waals surface area contributed by atoms with E-state index in [0.717, 1.165) is 16.9 Å². The number of fused-ring (bicyclic) bond motifs is 1. The molecular weight excluding hydrogens is 377 g/mol. The third-order valence-corrected chi connectivity index (χ3v) is 5.41. The van der Waals surface area contributed by atoms with E-state index in [1.807, 2.05) is 28.8 Å². The summed E-state index contributed by atoms with van der Waals surface area (Å²) in [5.74, 6) is -0.319. The number of imidazole rings is 1. The van der Waals surface area contributed by atoms with E-state index in [1.54, 1.807) is 42.6 Å². The van der Waals surface area contributed by atoms with Crippen molar-refractivity contribution in [3.8, 4) is 11.3 Å². The molecule has 0 amide bonds. The monoisotopic (exact) mass is 393 g/mol. The number of halogens is 1. The lowest BCUT2D eigenvalue weighted by atomic mass is 10.1. The van der Waals surface area contributed by atoms with Gasteiger partial charge in [0, 0.05) is 18.0 Å². The van der Waals surface area contributed by atoms with Gasteiger partial charge in [-0.2, -0.15) is 0 Å². The zero-order valence-electron chi connectivity index (χ0n) is 14.9. The lowest BCUT2D eigenvalue weighted by molar-refractivity contribution is 0.602. The molecule has 0 bridgehead atoms. The van der Waals surface area contributed by atoms with Gasteiger partial charge in [0.1, 0.15) is 11.5 Å². The summed E-state index contributed by atoms with van der Waals surface area (Å²) in [6, 6.07) is 18.1. The Hall–Kier alpha value is -3.32. The van der Waals surface area contributed by atoms with E-state index in [-0.39, 0.29) is 10.7 Å². The maximum atomic E-state index is 13.1. The highest BCUT2D eigenvalue weighted by Crippen LogP contribution is 2.25. The van der Waals surface area contributed by atoms with Gasteiger partial charge in [0.15, 0.2) is 9.84 Å². The van der Waals surface area contributed by atoms with E-state index in [0.29, 0.717) is 11.4 Å². The van der Waals surface area contributed by atoms with Gasteiger partial charge in [-0.3, -0.25) is 9.39 Å². The summed E-state index contributed by atoms with van der Waals surface area (Å²) < 4.78 is 38.4. The highest BCUT2D eigenvalue weighted by atomic mass is 32.2. The average Bonchev–Trinajstić information content (AvgIpc) is 3.06. The summed E-state index contributed by atoms with van der Waals surface area (Å²) in [7, 11) is -3.27. The molecule has 7 heteroatoms. The van der Waals surface area contributed by atoms with Crippen LogP contribution >= 0.6 is 0 Å². The smallest absolute Gasteiger partial charge is 0.175 e. The van der Waals surface area contributed by atoms with Crippen LogP contribution in [-0.4, -0.2) is 30.3 Å². The van der Waals surface area contributed by atoms with Crippen molar-refractivity contribution >= 4 is 27.4 Å². The molecule has 0 radical (unpaired) electrons. The number of rotatable bonds is 4. The molecule has 2 aromatic carbocycles. The summed E-state index contributed by atoms with van der Waals surface area (Å²) in [6.07, 6.45) is 4.73. The minimum Gasteiger partial charge on any atom is -0.298 e. The second kappa shape index (κ2) is 7.01. The summed E-state index contributed by atoms with van der Waals surface area (Å²) >= 11 is 0. The van der Waals surface area contributed by atoms with Crippen molar-refractivity contribution in [2.45, 2.75) is 4.90 Å². The van der Waals surface area contributed by atoms with Crippen LogP contribution in [0.5, 0.6) is 0 Å². The Kier molecular flexibility index (Phi) is 4.52. The van der Waals surface area contributed by atoms with E-state index in [9.17, 15) is 12.8 Å². The van der Waals surface area contributed by atoms with Crippen molar-refractivity contribution in [1.82, 2.24) is 9.38 Å². The van der Waals surface area contributed by atoms with Gasteiger partial charge in [-0.1, -0.05) is 18.2 Å². The highest BCUT2D eigenvalue weighted by Gasteiger charge is 2.14. The molecule has 5 nitrogen and oxygen atoms in total. The fourth-order valence-electron chi connectivity index (χ4n) is 2.87. The lowest BCUT2D eigenvalue weighted by Gasteiger charge is -2.03. The van der Waals surface area contributed by atoms with Crippen molar-refractivity contribution in [3.05, 3.63) is 84.4 Å². The molecule has 0 spiro atoms. The van der Waals surface area contributed by atoms with E-state index in [1.165, 1.54) is 18.4 Å². The van der Waals surface area contributed by atoms with Crippen LogP contribution in [0.4, 0.5) is 10.1 Å². The Morgan fingerprint density at radius 3 is 2.39 bits per heavy atom. The van der Waals surface area contributed by atoms with Crippen molar-refractivity contribution in [2.24, 2.45) is 4.99 Å². The third-order valence-electron chi connectivity index (χ3n) is 4.29. The van der Waals surface area contributed by atoms with Gasteiger partial charge in [-0.15, -0.1) is 0 Å². The van der Waals surface area contributed by atoms with Crippen LogP contribution in [0.3, 0.4) is 0 Å². The number of hydrogen-bond acceptors (Lipinski definition) is 4. The predicted octanol–water partition coefficient (Wildman–Crippen LogP) is 4.29. The Labute approximate surface area is 161 Å². The van der Waals surface area contributed by atoms with E-state index in [2.05, 4.69) is 9.98 Å². The number of hydrogen-bond donors (Lipinski definition) is 0. The van der Waals surface area contributed by atoms with Gasteiger partial charge < -0.3 is 0 Å². The average molecular weight is 393 g/mol. The van der Waals surface area contributed by atoms with Crippen LogP contribution < -0.4 is 0 Å². The minimum atomic E-state index is -3.27. The molecule has 2 heterocycles. The lowest BCUT2D eigenvalue weighted by Crippen LogP contribution is -1.97. The second-order valence-corrected chi connectivity index (χ2v) is 8.32. The number of benzene rings is 2. The fraction of sp³-hybridized carbons (Fsp3) is 0.0476. The van der Waals surface area contributed by atoms with Gasteiger partial charge in [0.05, 0.1) is 28.2 Å². The van der Waals surface area contributed by atoms with Crippen molar-refractivity contribution in [3.63, 3.8) is 0 Å². The molecule has 0 saturated heterocycles. The first-order chi connectivity index (χ1) is 13.4. The van der Waals surface area contributed by atoms with E-state index >= 15 is 0 Å². The molecule has 0 aliphatic heterocycles. The zero-order chi connectivity index (χ0) is 19.7. The standard InChI is InChI=1S/C21H16FN3O2S/c1-28(26,27)18-11-5-15(6-12-18)21-19(25-13-3-2-4-20(25)24-21)14-23-17-9-7-16(22)8-10-17/h2-14H,1H3. The number of aliphatic imine (C=N–C) groups is 1. The largest absolute Gasteiger partial charge is 0.298 e. The second-order valence-electron chi connectivity index (χ2n) is 6.31. The molecule has 0 fully saturated rings. The molecule has 0 unspecified atom stereocenters. The zero-order valence-corrected chi connectivity index (χ0v) is 15.8. The third kappa shape index (κ3) is 3.57. The van der Waals surface area contributed by atoms with E-state index in [4.69, 9.17) is 0 Å². The molecule has 0 N–H and O–H groups in total. The Morgan fingerprint density at radius 1 is 1.00 bits per heavy atom. The number of sulfone groups is 1. The Balaban J connectivity index is 1.82. The Bertz CT molecular complexity index is 1280. The summed E-state index contributed by atoms with van der Waals surface area (Å²) in [6.45, 7) is 0. The maximum absolute atomic E-state index is 13.1. The molecular formula is C21H16FN3O2S. The molecule has 0 atom stereocenters. The van der Waals surface area contributed by atoms with E-state index < -0.39 is 9.84 Å². The molecule has 28 heavy (non-hydrogen) atoms. The van der Waals surface area contributed by atoms with Crippen LogP contribution in [-0.2, 0) is 9.84 Å². The van der Waals surface area contributed by atoms with Gasteiger partial charge in [-0.25, -0.2) is 17.8 Å². The number of nitrogens with zero attached hydrogens (tertiary/aromatic N) is 3. The van der Waals surface area contributed by atoms with Crippen LogP contribution in [0.15, 0.2) is 82.8 Å². The molecule has 140 valence electrons. The summed E-state index contributed by atoms with van der Waals surface area (Å²) in [5.41, 5.74) is 3.55. The SMILES string of the molecule is CS(=O)(=O)c1ccc(-c2nc3ccccn3c2C=Nc2ccc(F)cc2)cc1. The van der Waals surface area contributed by atoms with Crippen molar-refractivity contribution in [2.75, 3.05) is 6.26 Å². The van der Waals surface area contributed by atoms with Crippen molar-refractivity contribution < 1.29 is 12.8 Å². The van der Waals surface area contributed by atoms with Crippen LogP contribution in [0, 0.1) is 5.82 Å². The molecule has 4 rings (SSSR count). The molecule has 4 aromatic rings. The summed E-state index contributed by atoms with van der Waals surface area (Å²) in [4.78, 5) is 9.35. The quantitative estimate of drug-likeness (QED) is 0.486. The number of aromatic nitrogens is 2. The van der Waals surface area contributed by atoms with Gasteiger partial charge in [-0.05, 0) is 48.5 Å². The van der Waals surface area contributed by atoms with Crippen LogP contribution in [0.1, 0.15) is 5.69 Å². The first kappa shape index (κ1) is 18.1. The van der Waals surface area contributed by atoms with Crippen molar-refractivity contribution in [1.29, 1.82) is 0 Å². The van der Waals surface area contributed by atoms with Gasteiger partial charge >= 0.3 is 0 Å². The number of pyridine rings is 1. The Morgan fingerprint density at radius 2 is 1.71 bits per heavy atom. The molecule has 0 saturated carbocycles. The van der Waals surface area contributed by atoms with Gasteiger partial charge in [0.2, 0.25) is 0 Å². The minimum absolute atomic E-state index is 0.251. The van der Waals surface area contributed by atoms with Crippen LogP contribution in [0.25, 0.3) is 16.9 Å². The first-order valence-corrected chi connectivity index (χ1v) is 10.4. The highest BCUT2D eigenvalue weighted by molar-refractivity contribution is 7.90. The van der Waals surface area contributed by atoms with Crippen LogP contribution in [0.2, 0.25) is 0 Å². The molecule has 0 aliphatic rings.